The van der Waals surface area contributed by atoms with Crippen LogP contribution in [0.5, 0.6) is 11.5 Å². The third kappa shape index (κ3) is 9.21. The number of ether oxygens (including phenoxy) is 2. The van der Waals surface area contributed by atoms with E-state index in [1.54, 1.807) is 60.2 Å². The maximum atomic E-state index is 14.7. The second-order valence-electron chi connectivity index (χ2n) is 21.5. The third-order valence-electron chi connectivity index (χ3n) is 16.4. The number of amidine groups is 1. The predicted molar refractivity (Wildman–Crippen MR) is 268 cm³/mol. The number of methoxy groups -OCH3 is 1. The summed E-state index contributed by atoms with van der Waals surface area (Å²) in [5, 5.41) is 30.5. The van der Waals surface area contributed by atoms with Crippen LogP contribution < -0.4 is 29.9 Å². The molecule has 70 heavy (non-hydrogen) atoms. The van der Waals surface area contributed by atoms with Crippen LogP contribution in [0.4, 0.5) is 20.2 Å². The van der Waals surface area contributed by atoms with Crippen molar-refractivity contribution in [1.29, 1.82) is 10.7 Å². The molecule has 3 aliphatic heterocycles. The molecule has 5 aliphatic rings. The van der Waals surface area contributed by atoms with Gasteiger partial charge in [0.25, 0.3) is 12.3 Å². The van der Waals surface area contributed by atoms with Gasteiger partial charge >= 0.3 is 0 Å². The molecular formula is C55H67F2N9O4. The monoisotopic (exact) mass is 956 g/mol. The molecule has 3 fully saturated rings. The number of aromatic nitrogens is 2. The lowest BCUT2D eigenvalue weighted by molar-refractivity contribution is -0.164. The summed E-state index contributed by atoms with van der Waals surface area (Å²) in [4.78, 5) is 32.5. The van der Waals surface area contributed by atoms with Crippen LogP contribution in [0.15, 0.2) is 78.3 Å². The Bertz CT molecular complexity index is 2710. The van der Waals surface area contributed by atoms with Gasteiger partial charge in [-0.25, -0.2) is 8.78 Å². The zero-order chi connectivity index (χ0) is 49.7. The minimum Gasteiger partial charge on any atom is -0.495 e. The number of nitriles is 1. The van der Waals surface area contributed by atoms with E-state index in [9.17, 15) is 29.0 Å². The van der Waals surface area contributed by atoms with Gasteiger partial charge in [-0.2, -0.15) is 10.4 Å². The number of nitrogens with one attached hydrogen (secondary N) is 3. The molecule has 13 nitrogen and oxygen atoms in total. The van der Waals surface area contributed by atoms with Crippen LogP contribution in [0.2, 0.25) is 0 Å². The number of carbonyl (C=O) groups is 2. The van der Waals surface area contributed by atoms with Gasteiger partial charge in [-0.1, -0.05) is 27.7 Å². The largest absolute Gasteiger partial charge is 0.495 e. The molecule has 2 aliphatic carbocycles. The molecule has 1 aromatic heterocycles. The highest BCUT2D eigenvalue weighted by Gasteiger charge is 2.64. The Hall–Kier alpha value is -6.43. The molecule has 2 saturated carbocycles. The molecule has 3 N–H and O–H groups in total. The zero-order valence-electron chi connectivity index (χ0n) is 41.6. The van der Waals surface area contributed by atoms with Crippen molar-refractivity contribution >= 4 is 29.0 Å². The van der Waals surface area contributed by atoms with Crippen LogP contribution in [0.1, 0.15) is 119 Å². The number of piperidine rings is 1. The van der Waals surface area contributed by atoms with Gasteiger partial charge in [0.1, 0.15) is 29.5 Å². The predicted octanol–water partition coefficient (Wildman–Crippen LogP) is 9.57. The molecule has 0 bridgehead atoms. The standard InChI is InChI=1S/C55H67F2N9O4/c1-34(67)65-24-18-45(44(33-65)49(59)66-23-8-9-36-27-42(38-31-60-63(6)32-38)43(48(56)57)29-46(36)66)61-39-16-19-55(20-17-39)21-25-64(26-22-55)40-13-10-35(11-14-40)50(68)62-51-53(2,3)52(54(51,4)5)70-41-15-12-37(30-58)47(28-41)69-7/h10-15,27-29,31-32,39,48,51-52,59,61H,8-9,16-26,33H2,1-7H3,(H,62,68). The maximum Gasteiger partial charge on any atom is 0.264 e. The average Bonchev–Trinajstić information content (AvgIpc) is 3.80. The average molecular weight is 956 g/mol. The van der Waals surface area contributed by atoms with Gasteiger partial charge in [0.2, 0.25) is 5.91 Å². The summed E-state index contributed by atoms with van der Waals surface area (Å²) in [5.41, 5.74) is 6.08. The van der Waals surface area contributed by atoms with Gasteiger partial charge in [0.15, 0.2) is 0 Å². The molecule has 4 heterocycles. The lowest BCUT2D eigenvalue weighted by Crippen LogP contribution is -2.74. The summed E-state index contributed by atoms with van der Waals surface area (Å²) in [5.74, 6) is 1.20. The normalized spacial score (nSPS) is 21.7. The van der Waals surface area contributed by atoms with Crippen LogP contribution in [0.25, 0.3) is 11.1 Å². The first kappa shape index (κ1) is 48.6. The molecule has 1 spiro atoms. The molecular weight excluding hydrogens is 889 g/mol. The molecule has 0 unspecified atom stereocenters. The van der Waals surface area contributed by atoms with Gasteiger partial charge in [0, 0.05) is 121 Å². The lowest BCUT2D eigenvalue weighted by Gasteiger charge is -2.63. The van der Waals surface area contributed by atoms with Crippen molar-refractivity contribution in [3.05, 3.63) is 101 Å². The van der Waals surface area contributed by atoms with Gasteiger partial charge in [0.05, 0.1) is 25.4 Å². The number of anilines is 2. The van der Waals surface area contributed by atoms with Crippen molar-refractivity contribution in [1.82, 2.24) is 25.3 Å². The number of rotatable bonds is 11. The van der Waals surface area contributed by atoms with E-state index in [1.165, 1.54) is 7.11 Å². The minimum absolute atomic E-state index is 0.0425. The highest BCUT2D eigenvalue weighted by Crippen LogP contribution is 2.56. The summed E-state index contributed by atoms with van der Waals surface area (Å²) >= 11 is 0. The van der Waals surface area contributed by atoms with Crippen molar-refractivity contribution in [3.8, 4) is 28.7 Å². The fourth-order valence-electron chi connectivity index (χ4n) is 12.6. The Kier molecular flexibility index (Phi) is 13.2. The number of nitrogens with zero attached hydrogens (tertiary/aromatic N) is 6. The van der Waals surface area contributed by atoms with Crippen LogP contribution in [-0.4, -0.2) is 90.4 Å². The number of hydrogen-bond donors (Lipinski definition) is 3. The Labute approximate surface area is 410 Å². The Morgan fingerprint density at radius 3 is 2.29 bits per heavy atom. The van der Waals surface area contributed by atoms with Crippen LogP contribution >= 0.6 is 0 Å². The Morgan fingerprint density at radius 2 is 1.66 bits per heavy atom. The molecule has 1 saturated heterocycles. The van der Waals surface area contributed by atoms with Gasteiger partial charge in [-0.05, 0) is 116 Å². The van der Waals surface area contributed by atoms with Gasteiger partial charge in [-0.3, -0.25) is 19.7 Å². The van der Waals surface area contributed by atoms with E-state index in [1.807, 2.05) is 23.1 Å². The number of aryl methyl sites for hydroxylation is 2. The van der Waals surface area contributed by atoms with Gasteiger partial charge in [-0.15, -0.1) is 0 Å². The van der Waals surface area contributed by atoms with Crippen molar-refractivity contribution in [3.63, 3.8) is 0 Å². The first-order valence-electron chi connectivity index (χ1n) is 24.9. The first-order valence-corrected chi connectivity index (χ1v) is 24.9. The number of hydrogen-bond acceptors (Lipinski definition) is 9. The summed E-state index contributed by atoms with van der Waals surface area (Å²) in [6.07, 6.45) is 9.02. The second-order valence-corrected chi connectivity index (χ2v) is 21.5. The Morgan fingerprint density at radius 1 is 0.943 bits per heavy atom. The molecule has 4 aromatic rings. The molecule has 3 aromatic carbocycles. The fourth-order valence-corrected chi connectivity index (χ4v) is 12.6. The van der Waals surface area contributed by atoms with Gasteiger partial charge < -0.3 is 34.8 Å². The number of halogens is 2. The van der Waals surface area contributed by atoms with Crippen molar-refractivity contribution in [2.45, 2.75) is 117 Å². The van der Waals surface area contributed by atoms with Crippen LogP contribution in [-0.2, 0) is 18.3 Å². The van der Waals surface area contributed by atoms with Crippen molar-refractivity contribution in [2.75, 3.05) is 49.6 Å². The molecule has 0 atom stereocenters. The van der Waals surface area contributed by atoms with E-state index in [-0.39, 0.29) is 57.6 Å². The number of alkyl halides is 2. The number of amides is 2. The molecule has 15 heteroatoms. The van der Waals surface area contributed by atoms with E-state index in [0.29, 0.717) is 65.5 Å². The van der Waals surface area contributed by atoms with E-state index in [0.717, 1.165) is 87.0 Å². The molecule has 9 rings (SSSR count). The van der Waals surface area contributed by atoms with Crippen molar-refractivity contribution in [2.24, 2.45) is 23.3 Å². The van der Waals surface area contributed by atoms with E-state index in [2.05, 4.69) is 66.5 Å². The van der Waals surface area contributed by atoms with Crippen LogP contribution in [0, 0.1) is 33.0 Å². The summed E-state index contributed by atoms with van der Waals surface area (Å²) in [6.45, 7) is 13.3. The van der Waals surface area contributed by atoms with E-state index < -0.39 is 6.43 Å². The minimum atomic E-state index is -2.70. The fraction of sp³-hybridized carbons (Fsp3) is 0.509. The first-order chi connectivity index (χ1) is 33.4. The zero-order valence-corrected chi connectivity index (χ0v) is 41.6. The molecule has 370 valence electrons. The molecule has 0 radical (unpaired) electrons. The highest BCUT2D eigenvalue weighted by atomic mass is 19.3. The van der Waals surface area contributed by atoms with E-state index in [4.69, 9.17) is 9.47 Å². The number of fused-ring (bicyclic) bond motifs is 1. The summed E-state index contributed by atoms with van der Waals surface area (Å²) in [6, 6.07) is 18.9. The lowest BCUT2D eigenvalue weighted by atomic mass is 9.49. The highest BCUT2D eigenvalue weighted by molar-refractivity contribution is 6.09. The second kappa shape index (κ2) is 19.1. The van der Waals surface area contributed by atoms with Crippen LogP contribution in [0.3, 0.4) is 0 Å². The van der Waals surface area contributed by atoms with E-state index >= 15 is 0 Å². The topological polar surface area (TPSA) is 152 Å². The van der Waals surface area contributed by atoms with Crippen molar-refractivity contribution < 1.29 is 27.8 Å². The number of benzene rings is 3. The summed E-state index contributed by atoms with van der Waals surface area (Å²) < 4.78 is 42.8. The quantitative estimate of drug-likeness (QED) is 0.0987. The SMILES string of the molecule is COc1cc(OC2C(C)(C)C(NC(=O)c3ccc(N4CCC5(CCC(NC6=C(C(=N)N7CCCc8cc(-c9cnn(C)c9)c(C(F)F)cc87)CN(C(C)=O)CC6)CC5)CC4)cc3)C2(C)C)ccc1C#N. The molecule has 2 amide bonds. The summed E-state index contributed by atoms with van der Waals surface area (Å²) in [7, 11) is 3.31. The number of carbonyl (C=O) groups excluding carboxylic acids is 2. The smallest absolute Gasteiger partial charge is 0.264 e. The maximum absolute atomic E-state index is 14.7. The Balaban J connectivity index is 0.806. The third-order valence-corrected chi connectivity index (χ3v) is 16.4.